The highest BCUT2D eigenvalue weighted by Crippen LogP contribution is 2.71. The number of rotatable bonds is 4. The zero-order valence-corrected chi connectivity index (χ0v) is 36.4. The summed E-state index contributed by atoms with van der Waals surface area (Å²) < 4.78 is 2.43. The molecule has 4 saturated carbocycles. The third-order valence-electron chi connectivity index (χ3n) is 17.2. The van der Waals surface area contributed by atoms with Gasteiger partial charge in [-0.2, -0.15) is 0 Å². The Hall–Kier alpha value is -7.16. The van der Waals surface area contributed by atoms with Gasteiger partial charge in [0.25, 0.3) is 0 Å². The molecule has 6 aliphatic carbocycles. The number of para-hydroxylation sites is 2. The number of hydrogen-bond acceptors (Lipinski definition) is 1. The van der Waals surface area contributed by atoms with Gasteiger partial charge in [-0.1, -0.05) is 152 Å². The highest BCUT2D eigenvalue weighted by molar-refractivity contribution is 6.09. The molecule has 0 saturated heterocycles. The van der Waals surface area contributed by atoms with Crippen LogP contribution in [0.2, 0.25) is 0 Å². The minimum absolute atomic E-state index is 0.0576. The molecule has 1 aromatic heterocycles. The van der Waals surface area contributed by atoms with E-state index in [1.165, 1.54) is 115 Å². The highest BCUT2D eigenvalue weighted by atomic mass is 15.1. The molecule has 1 heterocycles. The predicted molar refractivity (Wildman–Crippen MR) is 268 cm³/mol. The van der Waals surface area contributed by atoms with Crippen LogP contribution in [0.4, 0.5) is 17.1 Å². The van der Waals surface area contributed by atoms with Gasteiger partial charge in [-0.15, -0.1) is 0 Å². The second kappa shape index (κ2) is 13.2. The van der Waals surface area contributed by atoms with Crippen molar-refractivity contribution >= 4 is 49.6 Å². The van der Waals surface area contributed by atoms with Crippen LogP contribution in [0, 0.1) is 23.7 Å². The van der Waals surface area contributed by atoms with Crippen LogP contribution in [-0.2, 0) is 10.8 Å². The van der Waals surface area contributed by atoms with Crippen LogP contribution in [0.15, 0.2) is 206 Å². The first-order valence-electron chi connectivity index (χ1n) is 24.0. The minimum atomic E-state index is -0.411. The summed E-state index contributed by atoms with van der Waals surface area (Å²) in [4.78, 5) is 2.58. The Morgan fingerprint density at radius 2 is 0.892 bits per heavy atom. The smallest absolute Gasteiger partial charge is 0.0719 e. The van der Waals surface area contributed by atoms with Crippen molar-refractivity contribution in [3.05, 3.63) is 240 Å². The normalized spacial score (nSPS) is 22.6. The van der Waals surface area contributed by atoms with E-state index in [2.05, 4.69) is 216 Å². The lowest BCUT2D eigenvalue weighted by molar-refractivity contribution is -0.0440. The van der Waals surface area contributed by atoms with Gasteiger partial charge in [0, 0.05) is 38.6 Å². The molecular formula is C63H48N2. The van der Waals surface area contributed by atoms with Gasteiger partial charge in [-0.3, -0.25) is 0 Å². The lowest BCUT2D eigenvalue weighted by Crippen LogP contribution is -2.59. The Kier molecular flexibility index (Phi) is 7.36. The van der Waals surface area contributed by atoms with Crippen molar-refractivity contribution < 1.29 is 0 Å². The van der Waals surface area contributed by atoms with E-state index in [9.17, 15) is 0 Å². The number of anilines is 3. The molecule has 6 aliphatic rings. The summed E-state index contributed by atoms with van der Waals surface area (Å²) in [5, 5.41) is 5.07. The Morgan fingerprint density at radius 3 is 1.55 bits per heavy atom. The molecule has 9 aromatic carbocycles. The summed E-state index contributed by atoms with van der Waals surface area (Å²) in [6, 6.07) is 79.0. The molecule has 4 bridgehead atoms. The largest absolute Gasteiger partial charge is 0.310 e. The predicted octanol–water partition coefficient (Wildman–Crippen LogP) is 15.8. The van der Waals surface area contributed by atoms with Crippen LogP contribution in [0.25, 0.3) is 49.4 Å². The molecule has 310 valence electrons. The van der Waals surface area contributed by atoms with Crippen molar-refractivity contribution in [2.45, 2.75) is 42.9 Å². The van der Waals surface area contributed by atoms with Gasteiger partial charge in [-0.25, -0.2) is 0 Å². The number of benzene rings is 9. The van der Waals surface area contributed by atoms with E-state index in [4.69, 9.17) is 0 Å². The summed E-state index contributed by atoms with van der Waals surface area (Å²) in [5.41, 5.74) is 18.5. The molecule has 4 fully saturated rings. The zero-order valence-electron chi connectivity index (χ0n) is 36.4. The maximum atomic E-state index is 2.71. The molecule has 2 heteroatoms. The van der Waals surface area contributed by atoms with Crippen LogP contribution in [0.5, 0.6) is 0 Å². The SMILES string of the molecule is c1ccc2c(c1)-c1ccccc1C21c2ccccc2C2(c3cc(N(c4ccc(-n5c6ccccc6c6ccccc65)cc4)c4cccc5ccccc45)ccc31)C1CC3CC(C1)CC2C3. The van der Waals surface area contributed by atoms with E-state index in [0.717, 1.165) is 17.5 Å². The second-order valence-corrected chi connectivity index (χ2v) is 20.0. The van der Waals surface area contributed by atoms with Crippen LogP contribution in [0.3, 0.4) is 0 Å². The standard InChI is InChI=1S/C63H48N2/c1-2-16-48-42(14-1)15-13-27-59(48)64(45-28-30-46(31-29-45)65-60-25-11-5-19-51(60)52-20-6-12-26-61(52)65)47-32-33-57-58(39-47)62(43-35-40-34-41(37-43)38-44(62)36-40)55-23-9-10-24-56(55)63(57)53-21-7-3-17-49(53)50-18-4-8-22-54(50)63/h1-33,39-41,43-44H,34-38H2. The zero-order chi connectivity index (χ0) is 42.4. The topological polar surface area (TPSA) is 8.17 Å². The number of aromatic nitrogens is 1. The molecule has 2 spiro atoms. The fourth-order valence-corrected chi connectivity index (χ4v) is 15.2. The second-order valence-electron chi connectivity index (χ2n) is 20.0. The van der Waals surface area contributed by atoms with Crippen LogP contribution < -0.4 is 4.90 Å². The van der Waals surface area contributed by atoms with Crippen LogP contribution in [-0.4, -0.2) is 4.57 Å². The molecule has 0 aliphatic heterocycles. The Balaban J connectivity index is 1.01. The van der Waals surface area contributed by atoms with Gasteiger partial charge in [0.15, 0.2) is 0 Å². The Labute approximate surface area is 380 Å². The van der Waals surface area contributed by atoms with E-state index in [-0.39, 0.29) is 5.41 Å². The van der Waals surface area contributed by atoms with Crippen molar-refractivity contribution in [3.8, 4) is 16.8 Å². The summed E-state index contributed by atoms with van der Waals surface area (Å²) in [7, 11) is 0. The first-order chi connectivity index (χ1) is 32.2. The van der Waals surface area contributed by atoms with Crippen molar-refractivity contribution in [1.29, 1.82) is 0 Å². The van der Waals surface area contributed by atoms with Crippen LogP contribution >= 0.6 is 0 Å². The van der Waals surface area contributed by atoms with Crippen LogP contribution in [0.1, 0.15) is 65.5 Å². The maximum absolute atomic E-state index is 2.71. The molecule has 0 radical (unpaired) electrons. The quantitative estimate of drug-likeness (QED) is 0.171. The molecule has 16 rings (SSSR count). The van der Waals surface area contributed by atoms with Gasteiger partial charge >= 0.3 is 0 Å². The fraction of sp³-hybridized carbons (Fsp3) is 0.175. The van der Waals surface area contributed by atoms with E-state index in [1.807, 2.05) is 0 Å². The molecular weight excluding hydrogens is 785 g/mol. The van der Waals surface area contributed by atoms with Crippen molar-refractivity contribution in [2.75, 3.05) is 4.90 Å². The van der Waals surface area contributed by atoms with E-state index in [0.29, 0.717) is 11.8 Å². The van der Waals surface area contributed by atoms with Gasteiger partial charge < -0.3 is 9.47 Å². The van der Waals surface area contributed by atoms with Gasteiger partial charge in [0.2, 0.25) is 0 Å². The fourth-order valence-electron chi connectivity index (χ4n) is 15.2. The summed E-state index contributed by atoms with van der Waals surface area (Å²) in [6.45, 7) is 0. The van der Waals surface area contributed by atoms with Crippen molar-refractivity contribution in [1.82, 2.24) is 4.57 Å². The minimum Gasteiger partial charge on any atom is -0.310 e. The molecule has 0 unspecified atom stereocenters. The lowest BCUT2D eigenvalue weighted by atomic mass is 9.38. The Bertz CT molecular complexity index is 3460. The van der Waals surface area contributed by atoms with Gasteiger partial charge in [0.1, 0.15) is 0 Å². The summed E-state index contributed by atoms with van der Waals surface area (Å²) in [5.74, 6) is 2.95. The number of nitrogens with zero attached hydrogens (tertiary/aromatic N) is 2. The molecule has 0 atom stereocenters. The number of hydrogen-bond donors (Lipinski definition) is 0. The third kappa shape index (κ3) is 4.64. The third-order valence-corrected chi connectivity index (χ3v) is 17.2. The average Bonchev–Trinajstić information content (AvgIpc) is 3.85. The maximum Gasteiger partial charge on any atom is 0.0719 e. The monoisotopic (exact) mass is 832 g/mol. The first-order valence-corrected chi connectivity index (χ1v) is 24.0. The Morgan fingerprint density at radius 1 is 0.385 bits per heavy atom. The molecule has 0 N–H and O–H groups in total. The molecule has 0 amide bonds. The van der Waals surface area contributed by atoms with Crippen molar-refractivity contribution in [2.24, 2.45) is 23.7 Å². The summed E-state index contributed by atoms with van der Waals surface area (Å²) in [6.07, 6.45) is 6.78. The highest BCUT2D eigenvalue weighted by Gasteiger charge is 2.64. The van der Waals surface area contributed by atoms with Gasteiger partial charge in [0.05, 0.1) is 22.1 Å². The average molecular weight is 833 g/mol. The van der Waals surface area contributed by atoms with E-state index in [1.54, 1.807) is 11.1 Å². The molecule has 65 heavy (non-hydrogen) atoms. The molecule has 10 aromatic rings. The summed E-state index contributed by atoms with van der Waals surface area (Å²) >= 11 is 0. The van der Waals surface area contributed by atoms with Crippen molar-refractivity contribution in [3.63, 3.8) is 0 Å². The van der Waals surface area contributed by atoms with Gasteiger partial charge in [-0.05, 0) is 160 Å². The first kappa shape index (κ1) is 36.2. The van der Waals surface area contributed by atoms with E-state index >= 15 is 0 Å². The van der Waals surface area contributed by atoms with E-state index < -0.39 is 5.41 Å². The molecule has 2 nitrogen and oxygen atoms in total. The lowest BCUT2D eigenvalue weighted by Gasteiger charge is -2.65. The number of fused-ring (bicyclic) bond motifs is 13.